The number of benzene rings is 1. The number of carbonyl (C=O) groups is 2. The molecule has 0 fully saturated rings. The molecule has 1 aromatic carbocycles. The van der Waals surface area contributed by atoms with Crippen LogP contribution in [0.3, 0.4) is 0 Å². The molecule has 0 aliphatic carbocycles. The summed E-state index contributed by atoms with van der Waals surface area (Å²) >= 11 is 5.97. The van der Waals surface area contributed by atoms with E-state index in [1.165, 1.54) is 7.11 Å². The van der Waals surface area contributed by atoms with E-state index in [0.29, 0.717) is 16.3 Å². The normalized spacial score (nSPS) is 12.4. The highest BCUT2D eigenvalue weighted by molar-refractivity contribution is 6.30. The van der Waals surface area contributed by atoms with Gasteiger partial charge >= 0.3 is 6.09 Å². The highest BCUT2D eigenvalue weighted by Gasteiger charge is 2.22. The van der Waals surface area contributed by atoms with Crippen LogP contribution in [0.1, 0.15) is 38.8 Å². The molecule has 0 bridgehead atoms. The van der Waals surface area contributed by atoms with E-state index in [1.807, 2.05) is 0 Å². The third-order valence-electron chi connectivity index (χ3n) is 2.59. The number of rotatable bonds is 5. The minimum atomic E-state index is -0.617. The molecule has 0 saturated heterocycles. The molecular weight excluding hydrogens is 294 g/mol. The molecule has 1 amide bonds. The highest BCUT2D eigenvalue weighted by atomic mass is 35.5. The third-order valence-corrected chi connectivity index (χ3v) is 2.83. The lowest BCUT2D eigenvalue weighted by Crippen LogP contribution is -2.35. The van der Waals surface area contributed by atoms with E-state index in [-0.39, 0.29) is 6.42 Å². The standard InChI is InChI=1S/C15H20ClNO4/c1-15(2,3)21-14(19)17-12(7-8-18)11-9-10(16)5-6-13(11)20-4/h5-6,8-9,12H,7H2,1-4H3,(H,17,19)/t12-/m0/s1. The van der Waals surface area contributed by atoms with Gasteiger partial charge in [-0.15, -0.1) is 0 Å². The predicted molar refractivity (Wildman–Crippen MR) is 80.8 cm³/mol. The van der Waals surface area contributed by atoms with Gasteiger partial charge in [-0.25, -0.2) is 4.79 Å². The Bertz CT molecular complexity index is 511. The molecule has 0 unspecified atom stereocenters. The Labute approximate surface area is 129 Å². The van der Waals surface area contributed by atoms with E-state index in [0.717, 1.165) is 6.29 Å². The maximum absolute atomic E-state index is 11.9. The molecule has 116 valence electrons. The van der Waals surface area contributed by atoms with Gasteiger partial charge in [0, 0.05) is 17.0 Å². The second-order valence-corrected chi connectivity index (χ2v) is 5.92. The van der Waals surface area contributed by atoms with Crippen LogP contribution in [0.2, 0.25) is 5.02 Å². The first-order valence-corrected chi connectivity index (χ1v) is 6.91. The zero-order valence-corrected chi connectivity index (χ0v) is 13.4. The molecule has 0 aromatic heterocycles. The summed E-state index contributed by atoms with van der Waals surface area (Å²) in [6.45, 7) is 5.30. The first kappa shape index (κ1) is 17.3. The number of aldehydes is 1. The molecule has 0 aliphatic heterocycles. The van der Waals surface area contributed by atoms with Crippen LogP contribution in [-0.4, -0.2) is 25.1 Å². The maximum Gasteiger partial charge on any atom is 0.408 e. The Balaban J connectivity index is 2.99. The largest absolute Gasteiger partial charge is 0.496 e. The Morgan fingerprint density at radius 3 is 2.62 bits per heavy atom. The molecule has 5 nitrogen and oxygen atoms in total. The number of amides is 1. The van der Waals surface area contributed by atoms with Crippen LogP contribution >= 0.6 is 11.6 Å². The van der Waals surface area contributed by atoms with Crippen LogP contribution in [-0.2, 0) is 9.53 Å². The summed E-state index contributed by atoms with van der Waals surface area (Å²) < 4.78 is 10.4. The molecule has 0 radical (unpaired) electrons. The van der Waals surface area contributed by atoms with Gasteiger partial charge in [-0.05, 0) is 39.0 Å². The van der Waals surface area contributed by atoms with Gasteiger partial charge in [-0.1, -0.05) is 11.6 Å². The fourth-order valence-corrected chi connectivity index (χ4v) is 1.97. The lowest BCUT2D eigenvalue weighted by Gasteiger charge is -2.24. The highest BCUT2D eigenvalue weighted by Crippen LogP contribution is 2.30. The van der Waals surface area contributed by atoms with Crippen molar-refractivity contribution < 1.29 is 19.1 Å². The van der Waals surface area contributed by atoms with E-state index < -0.39 is 17.7 Å². The number of alkyl carbamates (subject to hydrolysis) is 1. The zero-order valence-electron chi connectivity index (χ0n) is 12.6. The van der Waals surface area contributed by atoms with Crippen LogP contribution in [0, 0.1) is 0 Å². The van der Waals surface area contributed by atoms with Crippen molar-refractivity contribution in [2.24, 2.45) is 0 Å². The lowest BCUT2D eigenvalue weighted by molar-refractivity contribution is -0.108. The van der Waals surface area contributed by atoms with Crippen molar-refractivity contribution in [3.8, 4) is 5.75 Å². The Morgan fingerprint density at radius 2 is 2.10 bits per heavy atom. The van der Waals surface area contributed by atoms with Gasteiger partial charge in [0.15, 0.2) is 0 Å². The molecule has 0 heterocycles. The summed E-state index contributed by atoms with van der Waals surface area (Å²) in [5.41, 5.74) is 0.0109. The van der Waals surface area contributed by atoms with Gasteiger partial charge in [0.25, 0.3) is 0 Å². The van der Waals surface area contributed by atoms with Crippen molar-refractivity contribution in [3.05, 3.63) is 28.8 Å². The monoisotopic (exact) mass is 313 g/mol. The molecule has 1 aromatic rings. The van der Waals surface area contributed by atoms with Crippen LogP contribution in [0.5, 0.6) is 5.75 Å². The average molecular weight is 314 g/mol. The molecular formula is C15H20ClNO4. The van der Waals surface area contributed by atoms with E-state index in [1.54, 1.807) is 39.0 Å². The molecule has 0 saturated carbocycles. The molecule has 1 atom stereocenters. The molecule has 1 rings (SSSR count). The number of carbonyl (C=O) groups excluding carboxylic acids is 2. The number of methoxy groups -OCH3 is 1. The third kappa shape index (κ3) is 5.63. The van der Waals surface area contributed by atoms with Crippen molar-refractivity contribution in [1.82, 2.24) is 5.32 Å². The summed E-state index contributed by atoms with van der Waals surface area (Å²) in [4.78, 5) is 22.8. The Morgan fingerprint density at radius 1 is 1.43 bits per heavy atom. The van der Waals surface area contributed by atoms with E-state index in [2.05, 4.69) is 5.32 Å². The Hall–Kier alpha value is -1.75. The Kier molecular flexibility index (Phi) is 6.03. The molecule has 1 N–H and O–H groups in total. The summed E-state index contributed by atoms with van der Waals surface area (Å²) in [6.07, 6.45) is 0.217. The number of ether oxygens (including phenoxy) is 2. The topological polar surface area (TPSA) is 64.6 Å². The van der Waals surface area contributed by atoms with Crippen molar-refractivity contribution in [2.75, 3.05) is 7.11 Å². The first-order chi connectivity index (χ1) is 9.76. The molecule has 6 heteroatoms. The number of nitrogens with one attached hydrogen (secondary N) is 1. The minimum absolute atomic E-state index is 0.0932. The van der Waals surface area contributed by atoms with Crippen molar-refractivity contribution in [1.29, 1.82) is 0 Å². The van der Waals surface area contributed by atoms with Crippen LogP contribution in [0.4, 0.5) is 4.79 Å². The summed E-state index contributed by atoms with van der Waals surface area (Å²) in [7, 11) is 1.51. The van der Waals surface area contributed by atoms with E-state index in [9.17, 15) is 9.59 Å². The number of hydrogen-bond acceptors (Lipinski definition) is 4. The molecule has 0 aliphatic rings. The average Bonchev–Trinajstić information content (AvgIpc) is 2.36. The second-order valence-electron chi connectivity index (χ2n) is 5.49. The summed E-state index contributed by atoms with van der Waals surface area (Å²) in [5.74, 6) is 0.544. The smallest absolute Gasteiger partial charge is 0.408 e. The minimum Gasteiger partial charge on any atom is -0.496 e. The van der Waals surface area contributed by atoms with Crippen LogP contribution in [0.15, 0.2) is 18.2 Å². The lowest BCUT2D eigenvalue weighted by atomic mass is 10.0. The predicted octanol–water partition coefficient (Wildman–Crippen LogP) is 3.50. The zero-order chi connectivity index (χ0) is 16.0. The van der Waals surface area contributed by atoms with Crippen LogP contribution < -0.4 is 10.1 Å². The fraction of sp³-hybridized carbons (Fsp3) is 0.467. The van der Waals surface area contributed by atoms with Gasteiger partial charge in [-0.2, -0.15) is 0 Å². The van der Waals surface area contributed by atoms with Gasteiger partial charge in [-0.3, -0.25) is 0 Å². The van der Waals surface area contributed by atoms with Gasteiger partial charge in [0.05, 0.1) is 13.2 Å². The summed E-state index contributed by atoms with van der Waals surface area (Å²) in [6, 6.07) is 4.46. The maximum atomic E-state index is 11.9. The molecule has 21 heavy (non-hydrogen) atoms. The van der Waals surface area contributed by atoms with Gasteiger partial charge < -0.3 is 19.6 Å². The first-order valence-electron chi connectivity index (χ1n) is 6.53. The van der Waals surface area contributed by atoms with E-state index in [4.69, 9.17) is 21.1 Å². The van der Waals surface area contributed by atoms with Gasteiger partial charge in [0.1, 0.15) is 17.6 Å². The fourth-order valence-electron chi connectivity index (χ4n) is 1.79. The van der Waals surface area contributed by atoms with E-state index >= 15 is 0 Å². The van der Waals surface area contributed by atoms with Gasteiger partial charge in [0.2, 0.25) is 0 Å². The number of hydrogen-bond donors (Lipinski definition) is 1. The SMILES string of the molecule is COc1ccc(Cl)cc1[C@H](CC=O)NC(=O)OC(C)(C)C. The van der Waals surface area contributed by atoms with Crippen LogP contribution in [0.25, 0.3) is 0 Å². The number of halogens is 1. The van der Waals surface area contributed by atoms with Crippen molar-refractivity contribution in [3.63, 3.8) is 0 Å². The quantitative estimate of drug-likeness (QED) is 0.845. The molecule has 0 spiro atoms. The summed E-state index contributed by atoms with van der Waals surface area (Å²) in [5, 5.41) is 3.15. The second kappa shape index (κ2) is 7.31. The van der Waals surface area contributed by atoms with Crippen molar-refractivity contribution in [2.45, 2.75) is 38.8 Å². The van der Waals surface area contributed by atoms with Crippen molar-refractivity contribution >= 4 is 24.0 Å².